The number of halogens is 3. The predicted molar refractivity (Wildman–Crippen MR) is 85.4 cm³/mol. The average molecular weight is 387 g/mol. The van der Waals surface area contributed by atoms with E-state index in [4.69, 9.17) is 17.3 Å². The molecule has 1 aromatic carbocycles. The molecule has 0 saturated carbocycles. The molecule has 22 heavy (non-hydrogen) atoms. The van der Waals surface area contributed by atoms with Gasteiger partial charge in [0.2, 0.25) is 5.95 Å². The first-order valence-electron chi connectivity index (χ1n) is 6.20. The number of aryl methyl sites for hydroxylation is 1. The Bertz CT molecular complexity index is 952. The number of nitrogens with two attached hydrogens (primary N) is 1. The van der Waals surface area contributed by atoms with Crippen LogP contribution in [0.5, 0.6) is 0 Å². The summed E-state index contributed by atoms with van der Waals surface area (Å²) in [6.07, 6.45) is 0. The van der Waals surface area contributed by atoms with E-state index < -0.39 is 5.82 Å². The van der Waals surface area contributed by atoms with Gasteiger partial charge in [0.15, 0.2) is 10.8 Å². The maximum Gasteiger partial charge on any atom is 0.330 e. The molecular formula is C13H10BrClFN5O. The number of benzene rings is 1. The van der Waals surface area contributed by atoms with Gasteiger partial charge in [0, 0.05) is 17.1 Å². The van der Waals surface area contributed by atoms with Crippen molar-refractivity contribution < 1.29 is 4.39 Å². The second kappa shape index (κ2) is 5.36. The fourth-order valence-electron chi connectivity index (χ4n) is 2.24. The van der Waals surface area contributed by atoms with E-state index in [-0.39, 0.29) is 29.0 Å². The van der Waals surface area contributed by atoms with Gasteiger partial charge < -0.3 is 5.73 Å². The van der Waals surface area contributed by atoms with Crippen LogP contribution in [-0.2, 0) is 13.6 Å². The maximum atomic E-state index is 14.0. The van der Waals surface area contributed by atoms with Gasteiger partial charge in [0.05, 0.1) is 6.54 Å². The normalized spacial score (nSPS) is 11.3. The van der Waals surface area contributed by atoms with Crippen molar-refractivity contribution in [2.45, 2.75) is 6.54 Å². The lowest BCUT2D eigenvalue weighted by atomic mass is 10.2. The Morgan fingerprint density at radius 3 is 2.82 bits per heavy atom. The number of hydrogen-bond acceptors (Lipinski definition) is 4. The Kier molecular flexibility index (Phi) is 3.65. The molecule has 0 unspecified atom stereocenters. The molecule has 2 aromatic heterocycles. The number of hydrogen-bond donors (Lipinski definition) is 1. The van der Waals surface area contributed by atoms with Gasteiger partial charge in [0.25, 0.3) is 0 Å². The maximum absolute atomic E-state index is 14.0. The minimum absolute atomic E-state index is 0.0159. The minimum Gasteiger partial charge on any atom is -0.368 e. The Hall–Kier alpha value is -1.93. The summed E-state index contributed by atoms with van der Waals surface area (Å²) in [5, 5.41) is 0.0807. The van der Waals surface area contributed by atoms with Gasteiger partial charge in [-0.1, -0.05) is 33.6 Å². The SMILES string of the molecule is Cn1c(=O)n(Cc2ccc(Br)cc2F)c2nc(N)nc(Cl)c21. The Morgan fingerprint density at radius 2 is 2.14 bits per heavy atom. The van der Waals surface area contributed by atoms with Crippen molar-refractivity contribution in [3.8, 4) is 0 Å². The Morgan fingerprint density at radius 1 is 1.41 bits per heavy atom. The summed E-state index contributed by atoms with van der Waals surface area (Å²) < 4.78 is 17.2. The first-order valence-corrected chi connectivity index (χ1v) is 7.37. The number of nitrogens with zero attached hydrogens (tertiary/aromatic N) is 4. The summed E-state index contributed by atoms with van der Waals surface area (Å²) in [4.78, 5) is 20.2. The van der Waals surface area contributed by atoms with Crippen LogP contribution in [0.2, 0.25) is 5.15 Å². The van der Waals surface area contributed by atoms with Gasteiger partial charge >= 0.3 is 5.69 Å². The summed E-state index contributed by atoms with van der Waals surface area (Å²) in [6, 6.07) is 4.63. The van der Waals surface area contributed by atoms with Crippen LogP contribution in [0.4, 0.5) is 10.3 Å². The molecule has 0 aliphatic rings. The molecule has 114 valence electrons. The molecule has 6 nitrogen and oxygen atoms in total. The molecule has 0 saturated heterocycles. The molecule has 3 aromatic rings. The van der Waals surface area contributed by atoms with Crippen LogP contribution >= 0.6 is 27.5 Å². The highest BCUT2D eigenvalue weighted by molar-refractivity contribution is 9.10. The summed E-state index contributed by atoms with van der Waals surface area (Å²) in [5.74, 6) is -0.473. The zero-order chi connectivity index (χ0) is 16.0. The molecule has 0 aliphatic carbocycles. The minimum atomic E-state index is -0.425. The van der Waals surface area contributed by atoms with E-state index in [1.54, 1.807) is 19.2 Å². The van der Waals surface area contributed by atoms with Gasteiger partial charge in [-0.25, -0.2) is 9.18 Å². The van der Waals surface area contributed by atoms with Crippen molar-refractivity contribution in [2.75, 3.05) is 5.73 Å². The largest absolute Gasteiger partial charge is 0.368 e. The van der Waals surface area contributed by atoms with E-state index in [2.05, 4.69) is 25.9 Å². The number of rotatable bonds is 2. The number of imidazole rings is 1. The van der Waals surface area contributed by atoms with Gasteiger partial charge in [-0.15, -0.1) is 0 Å². The lowest BCUT2D eigenvalue weighted by Crippen LogP contribution is -2.23. The van der Waals surface area contributed by atoms with E-state index in [1.807, 2.05) is 0 Å². The summed E-state index contributed by atoms with van der Waals surface area (Å²) >= 11 is 9.22. The molecule has 0 aliphatic heterocycles. The van der Waals surface area contributed by atoms with Crippen molar-refractivity contribution in [1.82, 2.24) is 19.1 Å². The molecule has 2 N–H and O–H groups in total. The van der Waals surface area contributed by atoms with E-state index in [1.165, 1.54) is 15.2 Å². The van der Waals surface area contributed by atoms with E-state index in [9.17, 15) is 9.18 Å². The Labute approximate surface area is 137 Å². The van der Waals surface area contributed by atoms with Gasteiger partial charge in [0.1, 0.15) is 11.3 Å². The molecule has 0 radical (unpaired) electrons. The van der Waals surface area contributed by atoms with Gasteiger partial charge in [-0.3, -0.25) is 9.13 Å². The number of aromatic nitrogens is 4. The highest BCUT2D eigenvalue weighted by Crippen LogP contribution is 2.22. The summed E-state index contributed by atoms with van der Waals surface area (Å²) in [7, 11) is 1.55. The van der Waals surface area contributed by atoms with E-state index in [0.717, 1.165) is 0 Å². The molecule has 2 heterocycles. The van der Waals surface area contributed by atoms with Crippen LogP contribution in [0.25, 0.3) is 11.2 Å². The van der Waals surface area contributed by atoms with Crippen LogP contribution in [-0.4, -0.2) is 19.1 Å². The van der Waals surface area contributed by atoms with Crippen LogP contribution in [0.1, 0.15) is 5.56 Å². The highest BCUT2D eigenvalue weighted by atomic mass is 79.9. The fraction of sp³-hybridized carbons (Fsp3) is 0.154. The molecule has 0 fully saturated rings. The monoisotopic (exact) mass is 385 g/mol. The lowest BCUT2D eigenvalue weighted by molar-refractivity contribution is 0.595. The molecule has 0 bridgehead atoms. The molecule has 0 spiro atoms. The third-order valence-corrected chi connectivity index (χ3v) is 4.05. The van der Waals surface area contributed by atoms with Gasteiger partial charge in [-0.05, 0) is 12.1 Å². The van der Waals surface area contributed by atoms with Crippen LogP contribution in [0, 0.1) is 5.82 Å². The first-order chi connectivity index (χ1) is 10.4. The van der Waals surface area contributed by atoms with E-state index in [0.29, 0.717) is 15.6 Å². The second-order valence-electron chi connectivity index (χ2n) is 4.71. The van der Waals surface area contributed by atoms with Gasteiger partial charge in [-0.2, -0.15) is 9.97 Å². The summed E-state index contributed by atoms with van der Waals surface area (Å²) in [6.45, 7) is 0.0159. The van der Waals surface area contributed by atoms with Crippen molar-refractivity contribution in [3.63, 3.8) is 0 Å². The van der Waals surface area contributed by atoms with Crippen LogP contribution < -0.4 is 11.4 Å². The molecule has 0 amide bonds. The zero-order valence-corrected chi connectivity index (χ0v) is 13.7. The quantitative estimate of drug-likeness (QED) is 0.686. The number of fused-ring (bicyclic) bond motifs is 1. The number of nitrogen functional groups attached to an aromatic ring is 1. The van der Waals surface area contributed by atoms with E-state index >= 15 is 0 Å². The standard InChI is InChI=1S/C13H10BrClFN5O/c1-20-9-10(15)18-12(17)19-11(9)21(13(20)22)5-6-2-3-7(14)4-8(6)16/h2-4H,5H2,1H3,(H2,17,18,19). The zero-order valence-electron chi connectivity index (χ0n) is 11.3. The van der Waals surface area contributed by atoms with Crippen molar-refractivity contribution in [3.05, 3.63) is 49.7 Å². The topological polar surface area (TPSA) is 78.7 Å². The van der Waals surface area contributed by atoms with Crippen molar-refractivity contribution in [2.24, 2.45) is 7.05 Å². The molecule has 0 atom stereocenters. The first kappa shape index (κ1) is 15.0. The second-order valence-corrected chi connectivity index (χ2v) is 5.98. The molecule has 3 rings (SSSR count). The smallest absolute Gasteiger partial charge is 0.330 e. The molecular weight excluding hydrogens is 377 g/mol. The average Bonchev–Trinajstić information content (AvgIpc) is 2.66. The number of anilines is 1. The molecule has 9 heteroatoms. The van der Waals surface area contributed by atoms with Crippen LogP contribution in [0.15, 0.2) is 27.5 Å². The fourth-order valence-corrected chi connectivity index (χ4v) is 2.87. The Balaban J connectivity index is 2.23. The highest BCUT2D eigenvalue weighted by Gasteiger charge is 2.18. The predicted octanol–water partition coefficient (Wildman–Crippen LogP) is 2.32. The van der Waals surface area contributed by atoms with Crippen molar-refractivity contribution in [1.29, 1.82) is 0 Å². The van der Waals surface area contributed by atoms with Crippen LogP contribution in [0.3, 0.4) is 0 Å². The lowest BCUT2D eigenvalue weighted by Gasteiger charge is -2.05. The third-order valence-electron chi connectivity index (χ3n) is 3.29. The van der Waals surface area contributed by atoms with Crippen molar-refractivity contribution >= 4 is 44.6 Å². The summed E-state index contributed by atoms with van der Waals surface area (Å²) in [5.41, 5.74) is 6.19. The third kappa shape index (κ3) is 2.38.